The average molecular weight is 316 g/mol. The van der Waals surface area contributed by atoms with Gasteiger partial charge in [-0.05, 0) is 61.6 Å². The number of rotatable bonds is 5. The zero-order valence-corrected chi connectivity index (χ0v) is 14.6. The molecule has 22 heavy (non-hydrogen) atoms. The van der Waals surface area contributed by atoms with Gasteiger partial charge in [-0.2, -0.15) is 0 Å². The van der Waals surface area contributed by atoms with Crippen LogP contribution in [0.4, 0.5) is 0 Å². The smallest absolute Gasteiger partial charge is 0.225 e. The molecule has 0 saturated heterocycles. The highest BCUT2D eigenvalue weighted by atomic mass is 31.1. The second-order valence-corrected chi connectivity index (χ2v) is 5.81. The topological polar surface area (TPSA) is 43.4 Å². The Bertz CT molecular complexity index is 735. The Morgan fingerprint density at radius 2 is 1.82 bits per heavy atom. The number of para-hydroxylation sites is 1. The molecule has 2 rings (SSSR count). The molecule has 0 aromatic heterocycles. The average Bonchev–Trinajstić information content (AvgIpc) is 2.48. The van der Waals surface area contributed by atoms with Crippen LogP contribution in [-0.4, -0.2) is 5.78 Å². The van der Waals surface area contributed by atoms with Gasteiger partial charge in [0.05, 0.1) is 5.56 Å². The molecule has 0 heterocycles. The molecule has 4 heteroatoms. The maximum atomic E-state index is 13.0. The first-order valence-corrected chi connectivity index (χ1v) is 8.29. The molecule has 0 fully saturated rings. The summed E-state index contributed by atoms with van der Waals surface area (Å²) < 4.78 is 16.0. The van der Waals surface area contributed by atoms with E-state index in [1.165, 1.54) is 11.1 Å². The lowest BCUT2D eigenvalue weighted by atomic mass is 9.88. The number of ketones is 1. The fourth-order valence-electron chi connectivity index (χ4n) is 3.06. The van der Waals surface area contributed by atoms with Crippen LogP contribution in [0.25, 0.3) is 0 Å². The van der Waals surface area contributed by atoms with Crippen LogP contribution in [0.5, 0.6) is 5.75 Å². The summed E-state index contributed by atoms with van der Waals surface area (Å²) in [5, 5.41) is 0. The molecular weight excluding hydrogens is 295 g/mol. The van der Waals surface area contributed by atoms with Gasteiger partial charge in [0.2, 0.25) is 8.69 Å². The second-order valence-electron chi connectivity index (χ2n) is 5.38. The standard InChI is InChI=1S/C18H21O3P/c1-5-14-11(2)10-12(3)17(13(14)4)18(19)15-8-6-7-9-16(15)21-22-20/h6-10H,5,22H2,1-4H3. The largest absolute Gasteiger partial charge is 0.446 e. The minimum absolute atomic E-state index is 0.0758. The first-order valence-electron chi connectivity index (χ1n) is 7.35. The van der Waals surface area contributed by atoms with Gasteiger partial charge >= 0.3 is 0 Å². The van der Waals surface area contributed by atoms with Crippen LogP contribution < -0.4 is 4.52 Å². The Hall–Kier alpha value is -1.86. The maximum absolute atomic E-state index is 13.0. The van der Waals surface area contributed by atoms with Crippen molar-refractivity contribution in [3.63, 3.8) is 0 Å². The molecule has 2 aromatic rings. The van der Waals surface area contributed by atoms with E-state index in [0.29, 0.717) is 11.3 Å². The molecule has 0 radical (unpaired) electrons. The fraction of sp³-hybridized carbons (Fsp3) is 0.278. The van der Waals surface area contributed by atoms with Crippen LogP contribution in [0.3, 0.4) is 0 Å². The third-order valence-corrected chi connectivity index (χ3v) is 4.37. The van der Waals surface area contributed by atoms with Gasteiger partial charge in [0.15, 0.2) is 5.78 Å². The molecule has 0 aliphatic carbocycles. The molecule has 1 unspecified atom stereocenters. The van der Waals surface area contributed by atoms with Crippen molar-refractivity contribution in [2.45, 2.75) is 34.1 Å². The van der Waals surface area contributed by atoms with Crippen molar-refractivity contribution in [1.82, 2.24) is 0 Å². The number of aryl methyl sites for hydroxylation is 2. The number of hydrogen-bond donors (Lipinski definition) is 0. The van der Waals surface area contributed by atoms with E-state index in [1.54, 1.807) is 24.3 Å². The van der Waals surface area contributed by atoms with E-state index in [-0.39, 0.29) is 5.78 Å². The first-order chi connectivity index (χ1) is 10.5. The molecule has 0 aliphatic rings. The summed E-state index contributed by atoms with van der Waals surface area (Å²) in [6, 6.07) is 9.02. The van der Waals surface area contributed by atoms with Gasteiger partial charge in [0.25, 0.3) is 0 Å². The van der Waals surface area contributed by atoms with Crippen molar-refractivity contribution in [3.05, 3.63) is 63.7 Å². The number of hydrogen-bond acceptors (Lipinski definition) is 3. The molecular formula is C18H21O3P. The molecule has 0 bridgehead atoms. The quantitative estimate of drug-likeness (QED) is 0.604. The minimum atomic E-state index is -1.39. The predicted octanol–water partition coefficient (Wildman–Crippen LogP) is 4.46. The molecule has 1 atom stereocenters. The predicted molar refractivity (Wildman–Crippen MR) is 90.9 cm³/mol. The summed E-state index contributed by atoms with van der Waals surface area (Å²) in [7, 11) is -1.39. The van der Waals surface area contributed by atoms with Gasteiger partial charge in [0.1, 0.15) is 5.75 Å². The normalized spacial score (nSPS) is 11.1. The van der Waals surface area contributed by atoms with Crippen molar-refractivity contribution in [2.75, 3.05) is 0 Å². The highest BCUT2D eigenvalue weighted by molar-refractivity contribution is 7.17. The fourth-order valence-corrected chi connectivity index (χ4v) is 3.37. The molecule has 2 aromatic carbocycles. The van der Waals surface area contributed by atoms with Gasteiger partial charge in [-0.25, -0.2) is 0 Å². The van der Waals surface area contributed by atoms with E-state index >= 15 is 0 Å². The monoisotopic (exact) mass is 316 g/mol. The van der Waals surface area contributed by atoms with Gasteiger partial charge in [0, 0.05) is 5.56 Å². The van der Waals surface area contributed by atoms with Crippen molar-refractivity contribution in [1.29, 1.82) is 0 Å². The summed E-state index contributed by atoms with van der Waals surface area (Å²) in [5.41, 5.74) is 5.59. The molecule has 0 saturated carbocycles. The van der Waals surface area contributed by atoms with E-state index in [1.807, 2.05) is 13.8 Å². The maximum Gasteiger partial charge on any atom is 0.225 e. The van der Waals surface area contributed by atoms with Crippen LogP contribution in [0.1, 0.15) is 45.1 Å². The van der Waals surface area contributed by atoms with Crippen molar-refractivity contribution in [2.24, 2.45) is 0 Å². The van der Waals surface area contributed by atoms with Crippen LogP contribution in [0, 0.1) is 20.8 Å². The zero-order valence-electron chi connectivity index (χ0n) is 13.4. The summed E-state index contributed by atoms with van der Waals surface area (Å²) in [6.07, 6.45) is 0.890. The van der Waals surface area contributed by atoms with E-state index in [4.69, 9.17) is 4.52 Å². The molecule has 116 valence electrons. The molecule has 0 amide bonds. The lowest BCUT2D eigenvalue weighted by Crippen LogP contribution is -2.10. The highest BCUT2D eigenvalue weighted by Crippen LogP contribution is 2.29. The van der Waals surface area contributed by atoms with Gasteiger partial charge < -0.3 is 4.52 Å². The van der Waals surface area contributed by atoms with Crippen LogP contribution in [0.15, 0.2) is 30.3 Å². The van der Waals surface area contributed by atoms with Crippen molar-refractivity contribution in [3.8, 4) is 5.75 Å². The molecule has 0 spiro atoms. The third kappa shape index (κ3) is 3.00. The van der Waals surface area contributed by atoms with Crippen LogP contribution in [0.2, 0.25) is 0 Å². The SMILES string of the molecule is CCc1c(C)cc(C)c(C(=O)c2ccccc2O[PH2]=O)c1C. The Labute approximate surface area is 132 Å². The van der Waals surface area contributed by atoms with Gasteiger partial charge in [-0.3, -0.25) is 9.36 Å². The first kappa shape index (κ1) is 16.5. The number of benzene rings is 2. The van der Waals surface area contributed by atoms with E-state index < -0.39 is 8.69 Å². The van der Waals surface area contributed by atoms with E-state index in [2.05, 4.69) is 19.9 Å². The number of carbonyl (C=O) groups is 1. The van der Waals surface area contributed by atoms with Gasteiger partial charge in [-0.15, -0.1) is 0 Å². The lowest BCUT2D eigenvalue weighted by Gasteiger charge is -2.16. The Balaban J connectivity index is 2.62. The second kappa shape index (κ2) is 6.93. The number of carbonyl (C=O) groups excluding carboxylic acids is 1. The summed E-state index contributed by atoms with van der Waals surface area (Å²) in [6.45, 7) is 8.12. The summed E-state index contributed by atoms with van der Waals surface area (Å²) >= 11 is 0. The minimum Gasteiger partial charge on any atom is -0.446 e. The Morgan fingerprint density at radius 1 is 1.14 bits per heavy atom. The van der Waals surface area contributed by atoms with Crippen molar-refractivity contribution >= 4 is 14.5 Å². The van der Waals surface area contributed by atoms with Crippen molar-refractivity contribution < 1.29 is 13.9 Å². The molecule has 0 N–H and O–H groups in total. The summed E-state index contributed by atoms with van der Waals surface area (Å²) in [5.74, 6) is 0.308. The Kier molecular flexibility index (Phi) is 5.20. The molecule has 0 aliphatic heterocycles. The Morgan fingerprint density at radius 3 is 2.45 bits per heavy atom. The lowest BCUT2D eigenvalue weighted by molar-refractivity contribution is 0.103. The summed E-state index contributed by atoms with van der Waals surface area (Å²) in [4.78, 5) is 13.0. The third-order valence-electron chi connectivity index (χ3n) is 4.02. The van der Waals surface area contributed by atoms with E-state index in [9.17, 15) is 9.36 Å². The van der Waals surface area contributed by atoms with Crippen LogP contribution in [-0.2, 0) is 11.0 Å². The van der Waals surface area contributed by atoms with E-state index in [0.717, 1.165) is 23.1 Å². The van der Waals surface area contributed by atoms with Crippen LogP contribution >= 0.6 is 8.69 Å². The van der Waals surface area contributed by atoms with Gasteiger partial charge in [-0.1, -0.05) is 25.1 Å². The highest BCUT2D eigenvalue weighted by Gasteiger charge is 2.20. The molecule has 3 nitrogen and oxygen atoms in total. The zero-order chi connectivity index (χ0) is 16.3.